The molecule has 176 valence electrons. The maximum Gasteiger partial charge on any atom is 0.418 e. The molecule has 0 bridgehead atoms. The lowest BCUT2D eigenvalue weighted by molar-refractivity contribution is -0.148. The number of ether oxygens (including phenoxy) is 2. The van der Waals surface area contributed by atoms with Crippen molar-refractivity contribution in [3.8, 4) is 0 Å². The summed E-state index contributed by atoms with van der Waals surface area (Å²) >= 11 is 0. The van der Waals surface area contributed by atoms with E-state index in [1.54, 1.807) is 6.92 Å². The zero-order valence-electron chi connectivity index (χ0n) is 17.5. The first-order valence-corrected chi connectivity index (χ1v) is 9.79. The summed E-state index contributed by atoms with van der Waals surface area (Å²) in [6.07, 6.45) is -5.26. The zero-order valence-corrected chi connectivity index (χ0v) is 17.5. The first-order chi connectivity index (χ1) is 15.6. The molecule has 0 aliphatic carbocycles. The van der Waals surface area contributed by atoms with Gasteiger partial charge in [-0.1, -0.05) is 12.1 Å². The van der Waals surface area contributed by atoms with E-state index in [0.29, 0.717) is 11.3 Å². The van der Waals surface area contributed by atoms with Gasteiger partial charge in [-0.3, -0.25) is 14.4 Å². The van der Waals surface area contributed by atoms with Gasteiger partial charge < -0.3 is 20.1 Å². The number of para-hydroxylation sites is 1. The maximum atomic E-state index is 12.9. The summed E-state index contributed by atoms with van der Waals surface area (Å²) in [5.74, 6) is -2.84. The molecule has 2 amide bonds. The second-order valence-electron chi connectivity index (χ2n) is 6.60. The van der Waals surface area contributed by atoms with Gasteiger partial charge in [0.2, 0.25) is 5.91 Å². The van der Waals surface area contributed by atoms with E-state index in [4.69, 9.17) is 9.47 Å². The largest absolute Gasteiger partial charge is 0.462 e. The number of hydrogen-bond acceptors (Lipinski definition) is 6. The van der Waals surface area contributed by atoms with Crippen LogP contribution in [0.4, 0.5) is 24.5 Å². The second kappa shape index (κ2) is 11.7. The molecular formula is C22H21F3N2O6. The molecular weight excluding hydrogens is 445 g/mol. The van der Waals surface area contributed by atoms with Crippen molar-refractivity contribution in [3.63, 3.8) is 0 Å². The lowest BCUT2D eigenvalue weighted by atomic mass is 10.1. The number of carbonyl (C=O) groups excluding carboxylic acids is 4. The van der Waals surface area contributed by atoms with Crippen LogP contribution in [0.15, 0.2) is 48.5 Å². The fourth-order valence-electron chi connectivity index (χ4n) is 2.59. The molecule has 0 aliphatic heterocycles. The van der Waals surface area contributed by atoms with Crippen molar-refractivity contribution >= 4 is 35.1 Å². The van der Waals surface area contributed by atoms with E-state index in [2.05, 4.69) is 5.32 Å². The van der Waals surface area contributed by atoms with Gasteiger partial charge in [-0.05, 0) is 43.3 Å². The Morgan fingerprint density at radius 3 is 2.15 bits per heavy atom. The predicted octanol–water partition coefficient (Wildman–Crippen LogP) is 3.78. The highest BCUT2D eigenvalue weighted by molar-refractivity contribution is 5.95. The first-order valence-electron chi connectivity index (χ1n) is 9.79. The molecule has 0 aliphatic rings. The number of halogens is 3. The molecule has 2 N–H and O–H groups in total. The number of amides is 2. The Morgan fingerprint density at radius 1 is 0.848 bits per heavy atom. The molecule has 0 unspecified atom stereocenters. The standard InChI is InChI=1S/C22H21F3N2O6/c1-2-32-21(31)14-7-9-15(10-8-14)26-18(28)11-12-20(30)33-13-19(29)27-17-6-4-3-5-16(17)22(23,24)25/h3-10H,2,11-13H2,1H3,(H,26,28)(H,27,29). The number of carbonyl (C=O) groups is 4. The van der Waals surface area contributed by atoms with Crippen LogP contribution in [0.25, 0.3) is 0 Å². The molecule has 0 heterocycles. The van der Waals surface area contributed by atoms with Crippen molar-refractivity contribution in [2.24, 2.45) is 0 Å². The predicted molar refractivity (Wildman–Crippen MR) is 111 cm³/mol. The highest BCUT2D eigenvalue weighted by Crippen LogP contribution is 2.34. The average molecular weight is 466 g/mol. The molecule has 11 heteroatoms. The average Bonchev–Trinajstić information content (AvgIpc) is 2.76. The van der Waals surface area contributed by atoms with Crippen LogP contribution in [0.5, 0.6) is 0 Å². The minimum Gasteiger partial charge on any atom is -0.462 e. The van der Waals surface area contributed by atoms with Gasteiger partial charge in [0, 0.05) is 12.1 Å². The normalized spacial score (nSPS) is 10.8. The molecule has 2 aromatic carbocycles. The number of hydrogen-bond donors (Lipinski definition) is 2. The third-order valence-electron chi connectivity index (χ3n) is 4.11. The summed E-state index contributed by atoms with van der Waals surface area (Å²) < 4.78 is 48.4. The number of alkyl halides is 3. The minimum absolute atomic E-state index is 0.232. The fraction of sp³-hybridized carbons (Fsp3) is 0.273. The van der Waals surface area contributed by atoms with E-state index in [9.17, 15) is 32.3 Å². The third-order valence-corrected chi connectivity index (χ3v) is 4.11. The Bertz CT molecular complexity index is 1010. The van der Waals surface area contributed by atoms with Crippen molar-refractivity contribution in [1.82, 2.24) is 0 Å². The Hall–Kier alpha value is -3.89. The van der Waals surface area contributed by atoms with Crippen LogP contribution in [-0.4, -0.2) is 37.0 Å². The second-order valence-corrected chi connectivity index (χ2v) is 6.60. The summed E-state index contributed by atoms with van der Waals surface area (Å²) in [5, 5.41) is 4.57. The molecule has 0 spiro atoms. The van der Waals surface area contributed by atoms with Crippen molar-refractivity contribution in [2.75, 3.05) is 23.8 Å². The van der Waals surface area contributed by atoms with Crippen LogP contribution in [0, 0.1) is 0 Å². The quantitative estimate of drug-likeness (QED) is 0.544. The van der Waals surface area contributed by atoms with Gasteiger partial charge in [0.25, 0.3) is 5.91 Å². The van der Waals surface area contributed by atoms with E-state index < -0.39 is 47.8 Å². The summed E-state index contributed by atoms with van der Waals surface area (Å²) in [7, 11) is 0. The van der Waals surface area contributed by atoms with E-state index in [-0.39, 0.29) is 19.4 Å². The van der Waals surface area contributed by atoms with Gasteiger partial charge in [0.1, 0.15) is 0 Å². The summed E-state index contributed by atoms with van der Waals surface area (Å²) in [6, 6.07) is 10.3. The van der Waals surface area contributed by atoms with Crippen molar-refractivity contribution in [2.45, 2.75) is 25.9 Å². The van der Waals surface area contributed by atoms with E-state index >= 15 is 0 Å². The van der Waals surface area contributed by atoms with E-state index in [1.807, 2.05) is 5.32 Å². The fourth-order valence-corrected chi connectivity index (χ4v) is 2.59. The SMILES string of the molecule is CCOC(=O)c1ccc(NC(=O)CCC(=O)OCC(=O)Nc2ccccc2C(F)(F)F)cc1. The number of anilines is 2. The van der Waals surface area contributed by atoms with Gasteiger partial charge in [0.05, 0.1) is 29.8 Å². The van der Waals surface area contributed by atoms with Crippen LogP contribution in [0.3, 0.4) is 0 Å². The van der Waals surface area contributed by atoms with Crippen LogP contribution >= 0.6 is 0 Å². The van der Waals surface area contributed by atoms with Gasteiger partial charge in [-0.2, -0.15) is 13.2 Å². The topological polar surface area (TPSA) is 111 Å². The number of nitrogens with one attached hydrogen (secondary N) is 2. The highest BCUT2D eigenvalue weighted by atomic mass is 19.4. The lowest BCUT2D eigenvalue weighted by Crippen LogP contribution is -2.23. The van der Waals surface area contributed by atoms with E-state index in [0.717, 1.165) is 12.1 Å². The zero-order chi connectivity index (χ0) is 24.4. The smallest absolute Gasteiger partial charge is 0.418 e. The van der Waals surface area contributed by atoms with Crippen molar-refractivity contribution < 1.29 is 41.8 Å². The molecule has 0 saturated carbocycles. The molecule has 2 rings (SSSR count). The maximum absolute atomic E-state index is 12.9. The number of esters is 2. The van der Waals surface area contributed by atoms with Crippen molar-refractivity contribution in [3.05, 3.63) is 59.7 Å². The minimum atomic E-state index is -4.66. The Balaban J connectivity index is 1.75. The Kier molecular flexibility index (Phi) is 8.96. The Morgan fingerprint density at radius 2 is 1.52 bits per heavy atom. The molecule has 2 aromatic rings. The number of benzene rings is 2. The van der Waals surface area contributed by atoms with E-state index in [1.165, 1.54) is 36.4 Å². The highest BCUT2D eigenvalue weighted by Gasteiger charge is 2.33. The molecule has 8 nitrogen and oxygen atoms in total. The lowest BCUT2D eigenvalue weighted by Gasteiger charge is -2.13. The Labute approximate surface area is 187 Å². The summed E-state index contributed by atoms with van der Waals surface area (Å²) in [4.78, 5) is 47.1. The third kappa shape index (κ3) is 8.28. The first kappa shape index (κ1) is 25.4. The summed E-state index contributed by atoms with van der Waals surface area (Å²) in [5.41, 5.74) is -0.783. The van der Waals surface area contributed by atoms with Gasteiger partial charge in [-0.25, -0.2) is 4.79 Å². The van der Waals surface area contributed by atoms with Crippen molar-refractivity contribution in [1.29, 1.82) is 0 Å². The monoisotopic (exact) mass is 466 g/mol. The molecule has 0 atom stereocenters. The van der Waals surface area contributed by atoms with Crippen LogP contribution < -0.4 is 10.6 Å². The van der Waals surface area contributed by atoms with Gasteiger partial charge >= 0.3 is 18.1 Å². The van der Waals surface area contributed by atoms with Crippen LogP contribution in [0.2, 0.25) is 0 Å². The van der Waals surface area contributed by atoms with Gasteiger partial charge in [-0.15, -0.1) is 0 Å². The van der Waals surface area contributed by atoms with Gasteiger partial charge in [0.15, 0.2) is 6.61 Å². The molecule has 0 radical (unpaired) electrons. The summed E-state index contributed by atoms with van der Waals surface area (Å²) in [6.45, 7) is 1.11. The molecule has 0 fully saturated rings. The molecule has 33 heavy (non-hydrogen) atoms. The molecule has 0 saturated heterocycles. The van der Waals surface area contributed by atoms with Crippen LogP contribution in [0.1, 0.15) is 35.7 Å². The number of rotatable bonds is 9. The van der Waals surface area contributed by atoms with Crippen LogP contribution in [-0.2, 0) is 30.0 Å². The molecule has 0 aromatic heterocycles.